The number of allylic oxidation sites excluding steroid dienone is 1. The molecule has 6 aliphatic rings. The lowest BCUT2D eigenvalue weighted by molar-refractivity contribution is -0.125. The lowest BCUT2D eigenvalue weighted by Crippen LogP contribution is -2.58. The number of likely N-dealkylation sites (N-methyl/N-ethyl adjacent to an activating group) is 1. The monoisotopic (exact) mass is 755 g/mol. The first-order chi connectivity index (χ1) is 26.5. The van der Waals surface area contributed by atoms with Gasteiger partial charge < -0.3 is 46.2 Å². The number of benzene rings is 2. The molecule has 0 radical (unpaired) electrons. The minimum atomic E-state index is -0.447. The van der Waals surface area contributed by atoms with Crippen molar-refractivity contribution in [2.45, 2.75) is 44.4 Å². The predicted octanol–water partition coefficient (Wildman–Crippen LogP) is 0.920. The number of phenolic OH excluding ortho intramolecular Hbond substituents is 1. The second-order valence-corrected chi connectivity index (χ2v) is 15.6. The molecular formula is C40H53N9O6. The number of piperidine rings is 1. The SMILES string of the molecule is CC(CCC(=O)NC=O)N1C(=O)c2ccc(N3CCOC(CN4CC5CC5C4)C3)cc2C1=O.CN1CCN2C(/C=C(\N)c3ccccc3O)=C(N)NCC2C1. The van der Waals surface area contributed by atoms with Crippen molar-refractivity contribution in [2.75, 3.05) is 77.5 Å². The number of phenols is 1. The van der Waals surface area contributed by atoms with Crippen LogP contribution in [0, 0.1) is 11.8 Å². The van der Waals surface area contributed by atoms with Gasteiger partial charge in [-0.1, -0.05) is 12.1 Å². The van der Waals surface area contributed by atoms with E-state index >= 15 is 0 Å². The first-order valence-corrected chi connectivity index (χ1v) is 19.3. The van der Waals surface area contributed by atoms with Gasteiger partial charge in [-0.3, -0.25) is 29.4 Å². The number of morpholine rings is 1. The summed E-state index contributed by atoms with van der Waals surface area (Å²) in [4.78, 5) is 58.5. The van der Waals surface area contributed by atoms with E-state index in [0.29, 0.717) is 53.7 Å². The summed E-state index contributed by atoms with van der Waals surface area (Å²) in [6.45, 7) is 10.9. The van der Waals surface area contributed by atoms with Crippen molar-refractivity contribution in [3.63, 3.8) is 0 Å². The molecule has 5 atom stereocenters. The highest BCUT2D eigenvalue weighted by molar-refractivity contribution is 6.22. The molecule has 5 unspecified atom stereocenters. The van der Waals surface area contributed by atoms with E-state index in [1.165, 1.54) is 24.4 Å². The molecule has 4 amide bonds. The van der Waals surface area contributed by atoms with E-state index in [-0.39, 0.29) is 30.1 Å². The van der Waals surface area contributed by atoms with Crippen LogP contribution < -0.4 is 27.0 Å². The van der Waals surface area contributed by atoms with Gasteiger partial charge in [-0.25, -0.2) is 0 Å². The molecule has 0 aromatic heterocycles. The number of ether oxygens (including phenoxy) is 1. The van der Waals surface area contributed by atoms with Crippen LogP contribution in [-0.4, -0.2) is 140 Å². The Morgan fingerprint density at radius 3 is 2.58 bits per heavy atom. The number of nitrogens with one attached hydrogen (secondary N) is 2. The van der Waals surface area contributed by atoms with E-state index in [1.54, 1.807) is 31.2 Å². The largest absolute Gasteiger partial charge is 0.507 e. The third-order valence-corrected chi connectivity index (χ3v) is 11.7. The number of anilines is 1. The number of para-hydroxylation sites is 1. The fourth-order valence-electron chi connectivity index (χ4n) is 8.53. The van der Waals surface area contributed by atoms with Crippen molar-refractivity contribution < 1.29 is 29.0 Å². The van der Waals surface area contributed by atoms with Crippen LogP contribution in [0.5, 0.6) is 5.75 Å². The van der Waals surface area contributed by atoms with Crippen molar-refractivity contribution in [1.82, 2.24) is 30.2 Å². The lowest BCUT2D eigenvalue weighted by atomic mass is 10.1. The molecule has 5 heterocycles. The fourth-order valence-corrected chi connectivity index (χ4v) is 8.53. The van der Waals surface area contributed by atoms with Crippen LogP contribution in [0.3, 0.4) is 0 Å². The number of carbonyl (C=O) groups is 4. The number of fused-ring (bicyclic) bond motifs is 3. The highest BCUT2D eigenvalue weighted by Gasteiger charge is 2.45. The Bertz CT molecular complexity index is 1860. The number of rotatable bonds is 10. The van der Waals surface area contributed by atoms with Gasteiger partial charge in [-0.15, -0.1) is 0 Å². The summed E-state index contributed by atoms with van der Waals surface area (Å²) < 4.78 is 6.02. The van der Waals surface area contributed by atoms with Crippen molar-refractivity contribution >= 4 is 35.5 Å². The Morgan fingerprint density at radius 2 is 1.82 bits per heavy atom. The number of carbonyl (C=O) groups excluding carboxylic acids is 4. The van der Waals surface area contributed by atoms with Crippen molar-refractivity contribution in [1.29, 1.82) is 0 Å². The average molecular weight is 756 g/mol. The molecule has 7 N–H and O–H groups in total. The number of imide groups is 2. The molecular weight excluding hydrogens is 702 g/mol. The van der Waals surface area contributed by atoms with Gasteiger partial charge in [0, 0.05) is 88.3 Å². The molecule has 8 rings (SSSR count). The number of hydrogen-bond donors (Lipinski definition) is 5. The van der Waals surface area contributed by atoms with E-state index in [0.717, 1.165) is 69.0 Å². The summed E-state index contributed by atoms with van der Waals surface area (Å²) in [5.41, 5.74) is 16.1. The summed E-state index contributed by atoms with van der Waals surface area (Å²) in [6.07, 6.45) is 4.07. The molecule has 1 aliphatic carbocycles. The van der Waals surface area contributed by atoms with Crippen LogP contribution >= 0.6 is 0 Å². The molecule has 294 valence electrons. The second-order valence-electron chi connectivity index (χ2n) is 15.6. The zero-order valence-corrected chi connectivity index (χ0v) is 31.7. The van der Waals surface area contributed by atoms with Crippen LogP contribution in [0.15, 0.2) is 60.1 Å². The highest BCUT2D eigenvalue weighted by Crippen LogP contribution is 2.45. The van der Waals surface area contributed by atoms with E-state index in [2.05, 4.69) is 37.3 Å². The minimum absolute atomic E-state index is 0.0617. The maximum Gasteiger partial charge on any atom is 0.261 e. The molecule has 15 nitrogen and oxygen atoms in total. The Morgan fingerprint density at radius 1 is 1.05 bits per heavy atom. The van der Waals surface area contributed by atoms with E-state index < -0.39 is 11.9 Å². The van der Waals surface area contributed by atoms with Gasteiger partial charge >= 0.3 is 0 Å². The number of likely N-dealkylation sites (tertiary alicyclic amines) is 1. The van der Waals surface area contributed by atoms with Gasteiger partial charge in [0.05, 0.1) is 35.6 Å². The number of nitrogens with two attached hydrogens (primary N) is 2. The molecule has 55 heavy (non-hydrogen) atoms. The van der Waals surface area contributed by atoms with Gasteiger partial charge in [-0.2, -0.15) is 0 Å². The fraction of sp³-hybridized carbons (Fsp3) is 0.500. The summed E-state index contributed by atoms with van der Waals surface area (Å²) in [7, 11) is 2.13. The molecule has 4 fully saturated rings. The highest BCUT2D eigenvalue weighted by atomic mass is 16.5. The quantitative estimate of drug-likeness (QED) is 0.170. The lowest BCUT2D eigenvalue weighted by Gasteiger charge is -2.45. The first kappa shape index (κ1) is 38.2. The standard InChI is InChI=1S/C24H30N4O5.C16H23N5O/c1-15(2-5-22(30)25-14-29)28-23(31)20-4-3-18(9-21(20)24(28)32)27-6-7-33-19(13-27)12-26-10-16-8-17(16)11-26;1-20-6-7-21-11(10-20)9-19-16(18)14(21)8-13(17)12-4-2-3-5-15(12)22/h3-4,9,14-17,19H,2,5-8,10-13H2,1H3,(H,25,29,30);2-5,8,11,19,22H,6-7,9-10,17-18H2,1H3/b;13-8-. The first-order valence-electron chi connectivity index (χ1n) is 19.3. The zero-order chi connectivity index (χ0) is 38.8. The Kier molecular flexibility index (Phi) is 11.3. The van der Waals surface area contributed by atoms with Gasteiger partial charge in [0.2, 0.25) is 12.3 Å². The normalized spacial score (nSPS) is 25.7. The second kappa shape index (κ2) is 16.3. The Balaban J connectivity index is 0.000000184. The van der Waals surface area contributed by atoms with Crippen molar-refractivity contribution in [3.05, 3.63) is 76.7 Å². The molecule has 5 aliphatic heterocycles. The molecule has 2 aromatic rings. The Labute approximate surface area is 321 Å². The molecule has 1 saturated carbocycles. The van der Waals surface area contributed by atoms with Crippen LogP contribution in [0.2, 0.25) is 0 Å². The van der Waals surface area contributed by atoms with Crippen molar-refractivity contribution in [3.8, 4) is 5.75 Å². The number of amides is 4. The number of aromatic hydroxyl groups is 1. The van der Waals surface area contributed by atoms with Crippen LogP contribution in [0.1, 0.15) is 52.5 Å². The molecule has 2 aromatic carbocycles. The van der Waals surface area contributed by atoms with E-state index in [9.17, 15) is 24.3 Å². The number of piperazine rings is 1. The maximum absolute atomic E-state index is 13.1. The summed E-state index contributed by atoms with van der Waals surface area (Å²) in [6, 6.07) is 12.4. The van der Waals surface area contributed by atoms with Crippen LogP contribution in [0.4, 0.5) is 5.69 Å². The van der Waals surface area contributed by atoms with E-state index in [1.807, 2.05) is 24.3 Å². The average Bonchev–Trinajstić information content (AvgIpc) is 3.70. The van der Waals surface area contributed by atoms with Gasteiger partial charge in [0.25, 0.3) is 11.8 Å². The van der Waals surface area contributed by atoms with E-state index in [4.69, 9.17) is 16.2 Å². The van der Waals surface area contributed by atoms with Gasteiger partial charge in [0.1, 0.15) is 11.6 Å². The summed E-state index contributed by atoms with van der Waals surface area (Å²) >= 11 is 0. The number of hydrogen-bond acceptors (Lipinski definition) is 13. The van der Waals surface area contributed by atoms with Crippen LogP contribution in [0.25, 0.3) is 5.70 Å². The smallest absolute Gasteiger partial charge is 0.261 e. The summed E-state index contributed by atoms with van der Waals surface area (Å²) in [5, 5.41) is 15.3. The molecule has 0 spiro atoms. The zero-order valence-electron chi connectivity index (χ0n) is 31.7. The third-order valence-electron chi connectivity index (χ3n) is 11.7. The molecule has 15 heteroatoms. The van der Waals surface area contributed by atoms with Gasteiger partial charge in [0.15, 0.2) is 0 Å². The Hall–Kier alpha value is -5.12. The van der Waals surface area contributed by atoms with Crippen LogP contribution in [-0.2, 0) is 14.3 Å². The minimum Gasteiger partial charge on any atom is -0.507 e. The third kappa shape index (κ3) is 8.43. The molecule has 0 bridgehead atoms. The van der Waals surface area contributed by atoms with Crippen molar-refractivity contribution in [2.24, 2.45) is 23.3 Å². The maximum atomic E-state index is 13.1. The summed E-state index contributed by atoms with van der Waals surface area (Å²) in [5.74, 6) is 1.51. The topological polar surface area (TPSA) is 190 Å². The van der Waals surface area contributed by atoms with Gasteiger partial charge in [-0.05, 0) is 75.1 Å². The predicted molar refractivity (Wildman–Crippen MR) is 207 cm³/mol. The number of nitrogens with zero attached hydrogens (tertiary/aromatic N) is 5. The molecule has 3 saturated heterocycles.